The summed E-state index contributed by atoms with van der Waals surface area (Å²) >= 11 is 1.92. The molecule has 1 heterocycles. The van der Waals surface area contributed by atoms with E-state index >= 15 is 0 Å². The van der Waals surface area contributed by atoms with E-state index in [4.69, 9.17) is 0 Å². The van der Waals surface area contributed by atoms with E-state index in [1.165, 1.54) is 36.7 Å². The van der Waals surface area contributed by atoms with Gasteiger partial charge in [-0.1, -0.05) is 11.8 Å². The summed E-state index contributed by atoms with van der Waals surface area (Å²) in [5.74, 6) is 0. The zero-order chi connectivity index (χ0) is 20.4. The van der Waals surface area contributed by atoms with E-state index in [9.17, 15) is 26.9 Å². The minimum atomic E-state index is -4.43. The molecule has 0 saturated heterocycles. The highest BCUT2D eigenvalue weighted by Crippen LogP contribution is 2.35. The molecule has 0 saturated carbocycles. The van der Waals surface area contributed by atoms with E-state index in [-0.39, 0.29) is 15.6 Å². The van der Waals surface area contributed by atoms with Crippen LogP contribution in [0, 0.1) is 11.3 Å². The molecular weight excluding hydrogens is 433 g/mol. The Hall–Kier alpha value is -2.62. The summed E-state index contributed by atoms with van der Waals surface area (Å²) in [6.45, 7) is 0. The molecule has 0 aliphatic carbocycles. The standard InChI is InChI=1S/C16H9F3N4O2S3/c17-16(18,19)11-1-3-12(4-2-11)26-14-6-5-13(7-10(14)8-20)28(24,25)23-15-21-9-22-27-15/h1-7,9H,(H,21,22,23). The van der Waals surface area contributed by atoms with Crippen molar-refractivity contribution in [3.05, 3.63) is 59.9 Å². The summed E-state index contributed by atoms with van der Waals surface area (Å²) in [7, 11) is -3.95. The van der Waals surface area contributed by atoms with Crippen LogP contribution >= 0.6 is 23.3 Å². The fourth-order valence-electron chi connectivity index (χ4n) is 2.08. The first kappa shape index (κ1) is 20.1. The first-order valence-corrected chi connectivity index (χ1v) is 10.4. The largest absolute Gasteiger partial charge is 0.416 e. The van der Waals surface area contributed by atoms with Gasteiger partial charge in [-0.05, 0) is 42.5 Å². The summed E-state index contributed by atoms with van der Waals surface area (Å²) < 4.78 is 68.6. The van der Waals surface area contributed by atoms with E-state index in [1.54, 1.807) is 0 Å². The van der Waals surface area contributed by atoms with Gasteiger partial charge in [0, 0.05) is 21.3 Å². The average molecular weight is 442 g/mol. The molecule has 2 aromatic carbocycles. The van der Waals surface area contributed by atoms with Gasteiger partial charge in [0.15, 0.2) is 0 Å². The van der Waals surface area contributed by atoms with E-state index in [0.717, 1.165) is 35.4 Å². The number of anilines is 1. The van der Waals surface area contributed by atoms with Crippen molar-refractivity contribution in [2.45, 2.75) is 20.9 Å². The Morgan fingerprint density at radius 1 is 1.14 bits per heavy atom. The van der Waals surface area contributed by atoms with Crippen LogP contribution in [0.1, 0.15) is 11.1 Å². The Kier molecular flexibility index (Phi) is 5.59. The number of nitrogens with one attached hydrogen (secondary N) is 1. The lowest BCUT2D eigenvalue weighted by atomic mass is 10.2. The molecule has 0 aliphatic rings. The van der Waals surface area contributed by atoms with Crippen molar-refractivity contribution < 1.29 is 21.6 Å². The van der Waals surface area contributed by atoms with Crippen LogP contribution in [0.3, 0.4) is 0 Å². The first-order chi connectivity index (χ1) is 13.2. The monoisotopic (exact) mass is 442 g/mol. The maximum atomic E-state index is 12.6. The molecule has 0 unspecified atom stereocenters. The topological polar surface area (TPSA) is 95.7 Å². The van der Waals surface area contributed by atoms with Crippen molar-refractivity contribution in [3.8, 4) is 6.07 Å². The SMILES string of the molecule is N#Cc1cc(S(=O)(=O)Nc2ncns2)ccc1Sc1ccc(C(F)(F)F)cc1. The van der Waals surface area contributed by atoms with Gasteiger partial charge in [0.2, 0.25) is 5.13 Å². The zero-order valence-electron chi connectivity index (χ0n) is 13.6. The minimum absolute atomic E-state index is 0.0741. The molecule has 1 aromatic heterocycles. The number of hydrogen-bond donors (Lipinski definition) is 1. The maximum Gasteiger partial charge on any atom is 0.416 e. The Balaban J connectivity index is 1.85. The molecule has 0 radical (unpaired) electrons. The highest BCUT2D eigenvalue weighted by atomic mass is 32.2. The first-order valence-electron chi connectivity index (χ1n) is 7.38. The Bertz CT molecular complexity index is 1120. The van der Waals surface area contributed by atoms with E-state index in [2.05, 4.69) is 14.1 Å². The van der Waals surface area contributed by atoms with Gasteiger partial charge in [0.05, 0.1) is 16.0 Å². The average Bonchev–Trinajstić information content (AvgIpc) is 3.14. The second-order valence-electron chi connectivity index (χ2n) is 5.25. The van der Waals surface area contributed by atoms with Gasteiger partial charge in [0.1, 0.15) is 12.4 Å². The molecular formula is C16H9F3N4O2S3. The van der Waals surface area contributed by atoms with Gasteiger partial charge in [0.25, 0.3) is 10.0 Å². The van der Waals surface area contributed by atoms with Crippen molar-refractivity contribution in [3.63, 3.8) is 0 Å². The van der Waals surface area contributed by atoms with Crippen LogP contribution in [0.25, 0.3) is 0 Å². The quantitative estimate of drug-likeness (QED) is 0.630. The number of halogens is 3. The molecule has 0 atom stereocenters. The Morgan fingerprint density at radius 2 is 1.86 bits per heavy atom. The number of alkyl halides is 3. The van der Waals surface area contributed by atoms with Gasteiger partial charge in [-0.25, -0.2) is 13.4 Å². The highest BCUT2D eigenvalue weighted by Gasteiger charge is 2.30. The van der Waals surface area contributed by atoms with Crippen molar-refractivity contribution in [1.29, 1.82) is 5.26 Å². The second kappa shape index (κ2) is 7.78. The Labute approximate surface area is 166 Å². The number of aromatic nitrogens is 2. The van der Waals surface area contributed by atoms with Crippen molar-refractivity contribution in [1.82, 2.24) is 9.36 Å². The molecule has 12 heteroatoms. The lowest BCUT2D eigenvalue weighted by Crippen LogP contribution is -2.13. The van der Waals surface area contributed by atoms with Crippen LogP contribution in [-0.2, 0) is 16.2 Å². The predicted octanol–water partition coefficient (Wildman–Crippen LogP) is 4.38. The van der Waals surface area contributed by atoms with E-state index in [1.807, 2.05) is 6.07 Å². The summed E-state index contributed by atoms with van der Waals surface area (Å²) in [5.41, 5.74) is -0.702. The Morgan fingerprint density at radius 3 is 2.43 bits per heavy atom. The van der Waals surface area contributed by atoms with Crippen LogP contribution < -0.4 is 4.72 Å². The van der Waals surface area contributed by atoms with Crippen LogP contribution in [0.4, 0.5) is 18.3 Å². The van der Waals surface area contributed by atoms with E-state index < -0.39 is 21.8 Å². The van der Waals surface area contributed by atoms with Crippen LogP contribution in [0.2, 0.25) is 0 Å². The predicted molar refractivity (Wildman–Crippen MR) is 97.4 cm³/mol. The number of hydrogen-bond acceptors (Lipinski definition) is 7. The molecule has 1 N–H and O–H groups in total. The molecule has 144 valence electrons. The van der Waals surface area contributed by atoms with Gasteiger partial charge in [-0.15, -0.1) is 0 Å². The molecule has 0 bridgehead atoms. The third-order valence-corrected chi connectivity index (χ3v) is 6.50. The smallest absolute Gasteiger partial charge is 0.253 e. The molecule has 3 rings (SSSR count). The molecule has 0 fully saturated rings. The van der Waals surface area contributed by atoms with Gasteiger partial charge >= 0.3 is 6.18 Å². The summed E-state index contributed by atoms with van der Waals surface area (Å²) in [6, 6.07) is 10.3. The van der Waals surface area contributed by atoms with Crippen LogP contribution in [0.5, 0.6) is 0 Å². The second-order valence-corrected chi connectivity index (χ2v) is 8.82. The summed E-state index contributed by atoms with van der Waals surface area (Å²) in [4.78, 5) is 4.49. The van der Waals surface area contributed by atoms with Gasteiger partial charge in [-0.2, -0.15) is 22.8 Å². The number of nitrogens with zero attached hydrogens (tertiary/aromatic N) is 3. The van der Waals surface area contributed by atoms with Crippen LogP contribution in [-0.4, -0.2) is 17.8 Å². The molecule has 6 nitrogen and oxygen atoms in total. The maximum absolute atomic E-state index is 12.6. The van der Waals surface area contributed by atoms with Crippen molar-refractivity contribution in [2.75, 3.05) is 4.72 Å². The highest BCUT2D eigenvalue weighted by molar-refractivity contribution is 7.99. The van der Waals surface area contributed by atoms with Crippen molar-refractivity contribution in [2.24, 2.45) is 0 Å². The number of benzene rings is 2. The summed E-state index contributed by atoms with van der Waals surface area (Å²) in [5, 5.41) is 9.43. The molecule has 3 aromatic rings. The van der Waals surface area contributed by atoms with Gasteiger partial charge < -0.3 is 0 Å². The molecule has 0 spiro atoms. The summed E-state index contributed by atoms with van der Waals surface area (Å²) in [6.07, 6.45) is -3.23. The van der Waals surface area contributed by atoms with Crippen LogP contribution in [0.15, 0.2) is 63.5 Å². The number of nitriles is 1. The normalized spacial score (nSPS) is 11.8. The minimum Gasteiger partial charge on any atom is -0.253 e. The molecule has 0 amide bonds. The third-order valence-electron chi connectivity index (χ3n) is 3.37. The number of rotatable bonds is 5. The molecule has 28 heavy (non-hydrogen) atoms. The number of sulfonamides is 1. The van der Waals surface area contributed by atoms with Gasteiger partial charge in [-0.3, -0.25) is 4.72 Å². The zero-order valence-corrected chi connectivity index (χ0v) is 16.1. The van der Waals surface area contributed by atoms with Crippen molar-refractivity contribution >= 4 is 38.4 Å². The lowest BCUT2D eigenvalue weighted by Gasteiger charge is -2.10. The van der Waals surface area contributed by atoms with E-state index in [0.29, 0.717) is 9.79 Å². The third kappa shape index (κ3) is 4.61. The lowest BCUT2D eigenvalue weighted by molar-refractivity contribution is -0.137. The molecule has 0 aliphatic heterocycles. The fourth-order valence-corrected chi connectivity index (χ4v) is 4.65. The fraction of sp³-hybridized carbons (Fsp3) is 0.0625.